The van der Waals surface area contributed by atoms with Gasteiger partial charge in [0, 0.05) is 17.2 Å². The van der Waals surface area contributed by atoms with Crippen molar-refractivity contribution >= 4 is 32.2 Å². The van der Waals surface area contributed by atoms with Crippen LogP contribution in [0.15, 0.2) is 89.1 Å². The lowest BCUT2D eigenvalue weighted by Crippen LogP contribution is -2.31. The van der Waals surface area contributed by atoms with Crippen molar-refractivity contribution in [2.45, 2.75) is 11.4 Å². The highest BCUT2D eigenvalue weighted by Crippen LogP contribution is 2.30. The third-order valence-corrected chi connectivity index (χ3v) is 6.83. The maximum absolute atomic E-state index is 13.6. The van der Waals surface area contributed by atoms with Crippen LogP contribution in [-0.4, -0.2) is 25.6 Å². The van der Waals surface area contributed by atoms with Gasteiger partial charge in [-0.3, -0.25) is 9.69 Å². The summed E-state index contributed by atoms with van der Waals surface area (Å²) in [6.07, 6.45) is 1.08. The number of carbonyl (C=O) groups is 1. The van der Waals surface area contributed by atoms with Gasteiger partial charge in [-0.2, -0.15) is 0 Å². The smallest absolute Gasteiger partial charge is 0.261 e. The van der Waals surface area contributed by atoms with E-state index in [9.17, 15) is 17.6 Å². The quantitative estimate of drug-likeness (QED) is 0.392. The molecule has 0 fully saturated rings. The number of carbonyl (C=O) groups excluding carboxylic acids is 1. The van der Waals surface area contributed by atoms with Crippen molar-refractivity contribution in [3.8, 4) is 11.3 Å². The SMILES string of the molecule is CS(=O)(=O)c1ccccc1C(=O)N(Cc1ccccc1)c1nc(-c2ccc(F)cc2)cs1. The molecule has 1 amide bonds. The number of hydrogen-bond acceptors (Lipinski definition) is 5. The van der Waals surface area contributed by atoms with Crippen LogP contribution in [0.1, 0.15) is 15.9 Å². The molecule has 32 heavy (non-hydrogen) atoms. The lowest BCUT2D eigenvalue weighted by molar-refractivity contribution is 0.0982. The molecule has 8 heteroatoms. The number of hydrogen-bond donors (Lipinski definition) is 0. The third-order valence-electron chi connectivity index (χ3n) is 4.81. The van der Waals surface area contributed by atoms with Crippen molar-refractivity contribution in [1.82, 2.24) is 4.98 Å². The fourth-order valence-electron chi connectivity index (χ4n) is 3.25. The Bertz CT molecular complexity index is 1350. The molecule has 0 spiro atoms. The summed E-state index contributed by atoms with van der Waals surface area (Å²) in [6.45, 7) is 0.216. The summed E-state index contributed by atoms with van der Waals surface area (Å²) in [4.78, 5) is 19.6. The van der Waals surface area contributed by atoms with Gasteiger partial charge in [0.2, 0.25) is 0 Å². The molecular weight excluding hydrogens is 447 g/mol. The topological polar surface area (TPSA) is 67.3 Å². The lowest BCUT2D eigenvalue weighted by atomic mass is 10.1. The van der Waals surface area contributed by atoms with Crippen molar-refractivity contribution in [2.24, 2.45) is 0 Å². The van der Waals surface area contributed by atoms with E-state index in [1.807, 2.05) is 30.3 Å². The summed E-state index contributed by atoms with van der Waals surface area (Å²) < 4.78 is 37.8. The van der Waals surface area contributed by atoms with Crippen LogP contribution in [0.3, 0.4) is 0 Å². The molecule has 162 valence electrons. The highest BCUT2D eigenvalue weighted by atomic mass is 32.2. The highest BCUT2D eigenvalue weighted by Gasteiger charge is 2.26. The van der Waals surface area contributed by atoms with E-state index in [-0.39, 0.29) is 22.8 Å². The molecule has 4 aromatic rings. The van der Waals surface area contributed by atoms with Gasteiger partial charge in [0.05, 0.1) is 22.7 Å². The molecule has 0 aliphatic rings. The number of benzene rings is 3. The minimum atomic E-state index is -3.61. The van der Waals surface area contributed by atoms with Crippen LogP contribution in [0.2, 0.25) is 0 Å². The molecule has 0 aliphatic heterocycles. The molecule has 3 aromatic carbocycles. The first-order chi connectivity index (χ1) is 15.3. The number of amides is 1. The van der Waals surface area contributed by atoms with Gasteiger partial charge in [-0.05, 0) is 42.0 Å². The monoisotopic (exact) mass is 466 g/mol. The van der Waals surface area contributed by atoms with Crippen molar-refractivity contribution in [2.75, 3.05) is 11.2 Å². The average molecular weight is 467 g/mol. The molecule has 0 unspecified atom stereocenters. The van der Waals surface area contributed by atoms with Crippen molar-refractivity contribution < 1.29 is 17.6 Å². The zero-order chi connectivity index (χ0) is 22.7. The molecule has 0 atom stereocenters. The second kappa shape index (κ2) is 9.02. The Balaban J connectivity index is 1.77. The maximum Gasteiger partial charge on any atom is 0.261 e. The zero-order valence-corrected chi connectivity index (χ0v) is 18.7. The van der Waals surface area contributed by atoms with E-state index in [0.717, 1.165) is 17.4 Å². The van der Waals surface area contributed by atoms with E-state index in [0.29, 0.717) is 10.8 Å². The highest BCUT2D eigenvalue weighted by molar-refractivity contribution is 7.90. The number of nitrogens with zero attached hydrogens (tertiary/aromatic N) is 2. The number of thiazole rings is 1. The summed E-state index contributed by atoms with van der Waals surface area (Å²) in [5, 5.41) is 2.21. The van der Waals surface area contributed by atoms with Gasteiger partial charge in [-0.1, -0.05) is 42.5 Å². The first-order valence-electron chi connectivity index (χ1n) is 9.69. The molecule has 0 bridgehead atoms. The Morgan fingerprint density at radius 1 is 0.969 bits per heavy atom. The van der Waals surface area contributed by atoms with Crippen LogP contribution in [0.4, 0.5) is 9.52 Å². The summed E-state index contributed by atoms with van der Waals surface area (Å²) in [7, 11) is -3.61. The molecule has 1 aromatic heterocycles. The van der Waals surface area contributed by atoms with E-state index in [1.165, 1.54) is 40.5 Å². The molecule has 4 rings (SSSR count). The molecule has 0 radical (unpaired) electrons. The van der Waals surface area contributed by atoms with Crippen LogP contribution in [0.25, 0.3) is 11.3 Å². The molecule has 0 aliphatic carbocycles. The fourth-order valence-corrected chi connectivity index (χ4v) is 4.96. The van der Waals surface area contributed by atoms with E-state index in [2.05, 4.69) is 4.98 Å². The second-order valence-electron chi connectivity index (χ2n) is 7.17. The van der Waals surface area contributed by atoms with Crippen molar-refractivity contribution in [3.63, 3.8) is 0 Å². The molecule has 5 nitrogen and oxygen atoms in total. The zero-order valence-electron chi connectivity index (χ0n) is 17.1. The van der Waals surface area contributed by atoms with E-state index in [1.54, 1.807) is 29.6 Å². The normalized spacial score (nSPS) is 11.3. The van der Waals surface area contributed by atoms with E-state index < -0.39 is 15.7 Å². The largest absolute Gasteiger partial charge is 0.279 e. The van der Waals surface area contributed by atoms with Gasteiger partial charge in [0.25, 0.3) is 5.91 Å². The summed E-state index contributed by atoms with van der Waals surface area (Å²) >= 11 is 1.26. The number of sulfone groups is 1. The Morgan fingerprint density at radius 2 is 1.62 bits per heavy atom. The second-order valence-corrected chi connectivity index (χ2v) is 9.99. The minimum Gasteiger partial charge on any atom is -0.279 e. The first kappa shape index (κ1) is 21.9. The van der Waals surface area contributed by atoms with E-state index in [4.69, 9.17) is 0 Å². The molecule has 0 saturated heterocycles. The molecular formula is C24H19FN2O3S2. The van der Waals surface area contributed by atoms with Crippen LogP contribution in [0, 0.1) is 5.82 Å². The summed E-state index contributed by atoms with van der Waals surface area (Å²) in [5.74, 6) is -0.808. The van der Waals surface area contributed by atoms with Crippen LogP contribution in [0.5, 0.6) is 0 Å². The van der Waals surface area contributed by atoms with Gasteiger partial charge in [0.1, 0.15) is 5.82 Å². The van der Waals surface area contributed by atoms with Gasteiger partial charge >= 0.3 is 0 Å². The molecule has 0 saturated carbocycles. The van der Waals surface area contributed by atoms with Gasteiger partial charge < -0.3 is 0 Å². The Labute approximate surface area is 189 Å². The molecule has 0 N–H and O–H groups in total. The predicted octanol–water partition coefficient (Wildman–Crippen LogP) is 5.20. The standard InChI is InChI=1S/C24H19FN2O3S2/c1-32(29,30)22-10-6-5-9-20(22)23(28)27(15-17-7-3-2-4-8-17)24-26-21(16-31-24)18-11-13-19(25)14-12-18/h2-14,16H,15H2,1H3. The molecule has 1 heterocycles. The average Bonchev–Trinajstić information content (AvgIpc) is 3.27. The van der Waals surface area contributed by atoms with Crippen molar-refractivity contribution in [3.05, 3.63) is 101 Å². The number of aromatic nitrogens is 1. The minimum absolute atomic E-state index is 0.0293. The Kier molecular flexibility index (Phi) is 6.16. The lowest BCUT2D eigenvalue weighted by Gasteiger charge is -2.21. The maximum atomic E-state index is 13.6. The van der Waals surface area contributed by atoms with E-state index >= 15 is 0 Å². The summed E-state index contributed by atoms with van der Waals surface area (Å²) in [5.41, 5.74) is 2.28. The van der Waals surface area contributed by atoms with Gasteiger partial charge in [-0.25, -0.2) is 17.8 Å². The Morgan fingerprint density at radius 3 is 2.31 bits per heavy atom. The van der Waals surface area contributed by atoms with Crippen LogP contribution in [-0.2, 0) is 16.4 Å². The first-order valence-corrected chi connectivity index (χ1v) is 12.5. The fraction of sp³-hybridized carbons (Fsp3) is 0.0833. The predicted molar refractivity (Wildman–Crippen MR) is 124 cm³/mol. The number of anilines is 1. The van der Waals surface area contributed by atoms with Gasteiger partial charge in [0.15, 0.2) is 15.0 Å². The third kappa shape index (κ3) is 4.76. The number of rotatable bonds is 6. The van der Waals surface area contributed by atoms with Crippen LogP contribution < -0.4 is 4.90 Å². The summed E-state index contributed by atoms with van der Waals surface area (Å²) in [6, 6.07) is 21.5. The Hall–Kier alpha value is -3.36. The van der Waals surface area contributed by atoms with Crippen molar-refractivity contribution in [1.29, 1.82) is 0 Å². The van der Waals surface area contributed by atoms with Gasteiger partial charge in [-0.15, -0.1) is 11.3 Å². The number of halogens is 1. The van der Waals surface area contributed by atoms with Crippen LogP contribution >= 0.6 is 11.3 Å².